The molecule has 0 aliphatic carbocycles. The third-order valence-corrected chi connectivity index (χ3v) is 2.40. The van der Waals surface area contributed by atoms with Gasteiger partial charge in [-0.3, -0.25) is 14.3 Å². The molecule has 0 aromatic carbocycles. The molecule has 1 rings (SSSR count). The predicted octanol–water partition coefficient (Wildman–Crippen LogP) is 0.525. The summed E-state index contributed by atoms with van der Waals surface area (Å²) in [5.41, 5.74) is -4.30. The van der Waals surface area contributed by atoms with E-state index in [0.717, 1.165) is 0 Å². The van der Waals surface area contributed by atoms with Crippen LogP contribution in [0.15, 0.2) is 28.1 Å². The molecular weight excluding hydrogens is 297 g/mol. The number of aliphatic hydroxyl groups excluding tert-OH is 2. The Morgan fingerprint density at radius 2 is 2.10 bits per heavy atom. The summed E-state index contributed by atoms with van der Waals surface area (Å²) in [5, 5.41) is 17.8. The van der Waals surface area contributed by atoms with Crippen molar-refractivity contribution >= 4 is 0 Å². The van der Waals surface area contributed by atoms with E-state index in [9.17, 15) is 22.8 Å². The highest BCUT2D eigenvalue weighted by atomic mass is 19.4. The number of nitrogens with one attached hydrogen (secondary N) is 1. The second-order valence-electron chi connectivity index (χ2n) is 4.03. The van der Waals surface area contributed by atoms with E-state index in [2.05, 4.69) is 6.58 Å². The predicted molar refractivity (Wildman–Crippen MR) is 64.8 cm³/mol. The van der Waals surface area contributed by atoms with Gasteiger partial charge in [-0.2, -0.15) is 13.2 Å². The number of hydrogen-bond acceptors (Lipinski definition) is 5. The summed E-state index contributed by atoms with van der Waals surface area (Å²) in [7, 11) is 0. The topological polar surface area (TPSA) is 105 Å². The Morgan fingerprint density at radius 3 is 2.57 bits per heavy atom. The number of aliphatic hydroxyl groups is 2. The van der Waals surface area contributed by atoms with Crippen molar-refractivity contribution < 1.29 is 28.1 Å². The fourth-order valence-corrected chi connectivity index (χ4v) is 1.53. The van der Waals surface area contributed by atoms with Crippen LogP contribution in [-0.2, 0) is 10.9 Å². The summed E-state index contributed by atoms with van der Waals surface area (Å²) in [4.78, 5) is 24.3. The number of nitrogens with zero attached hydrogens (tertiary/aromatic N) is 1. The molecule has 0 bridgehead atoms. The van der Waals surface area contributed by atoms with E-state index < -0.39 is 41.6 Å². The van der Waals surface area contributed by atoms with Gasteiger partial charge in [-0.1, -0.05) is 6.58 Å². The number of halogens is 3. The second-order valence-corrected chi connectivity index (χ2v) is 4.03. The van der Waals surface area contributed by atoms with E-state index in [1.165, 1.54) is 4.98 Å². The van der Waals surface area contributed by atoms with Gasteiger partial charge in [0.25, 0.3) is 5.56 Å². The van der Waals surface area contributed by atoms with Crippen molar-refractivity contribution in [2.75, 3.05) is 13.2 Å². The lowest BCUT2D eigenvalue weighted by molar-refractivity contribution is -0.139. The summed E-state index contributed by atoms with van der Waals surface area (Å²) in [6, 6.07) is 0. The molecule has 1 atom stereocenters. The van der Waals surface area contributed by atoms with Crippen molar-refractivity contribution in [1.82, 2.24) is 9.55 Å². The normalized spacial score (nSPS) is 13.1. The fraction of sp³-hybridized carbons (Fsp3) is 0.455. The van der Waals surface area contributed by atoms with Crippen LogP contribution >= 0.6 is 0 Å². The Morgan fingerprint density at radius 1 is 1.48 bits per heavy atom. The number of aromatic amines is 1. The molecule has 0 aliphatic rings. The maximum Gasteiger partial charge on any atom is 0.423 e. The molecule has 0 spiro atoms. The molecule has 0 unspecified atom stereocenters. The van der Waals surface area contributed by atoms with Crippen molar-refractivity contribution in [2.45, 2.75) is 18.8 Å². The van der Waals surface area contributed by atoms with E-state index in [4.69, 9.17) is 14.9 Å². The van der Waals surface area contributed by atoms with Gasteiger partial charge >= 0.3 is 11.9 Å². The maximum atomic E-state index is 12.7. The average molecular weight is 310 g/mol. The van der Waals surface area contributed by atoms with E-state index in [0.29, 0.717) is 10.8 Å². The van der Waals surface area contributed by atoms with Gasteiger partial charge in [0, 0.05) is 12.6 Å². The Kier molecular flexibility index (Phi) is 5.33. The first kappa shape index (κ1) is 17.0. The monoisotopic (exact) mass is 310 g/mol. The number of hydrogen-bond donors (Lipinski definition) is 3. The lowest BCUT2D eigenvalue weighted by Gasteiger charge is -2.20. The van der Waals surface area contributed by atoms with Gasteiger partial charge in [0.1, 0.15) is 11.8 Å². The number of ether oxygens (including phenoxy) is 1. The first-order chi connectivity index (χ1) is 9.66. The molecule has 0 aliphatic heterocycles. The summed E-state index contributed by atoms with van der Waals surface area (Å²) < 4.78 is 43.4. The number of H-pyrrole nitrogens is 1. The van der Waals surface area contributed by atoms with Crippen molar-refractivity contribution in [1.29, 1.82) is 0 Å². The molecule has 1 aromatic rings. The number of rotatable bonds is 6. The molecule has 118 valence electrons. The number of aromatic nitrogens is 2. The molecule has 21 heavy (non-hydrogen) atoms. The molecule has 10 heteroatoms. The van der Waals surface area contributed by atoms with Gasteiger partial charge in [0.05, 0.1) is 19.0 Å². The van der Waals surface area contributed by atoms with Gasteiger partial charge < -0.3 is 14.9 Å². The van der Waals surface area contributed by atoms with Crippen LogP contribution < -0.4 is 11.2 Å². The summed E-state index contributed by atoms with van der Waals surface area (Å²) in [6.07, 6.45) is -6.39. The lowest BCUT2D eigenvalue weighted by atomic mass is 10.3. The SMILES string of the molecule is C=C(O)C[C@@H](OCCO)n1cc(C(F)(F)F)c(=O)[nH]c1=O. The highest BCUT2D eigenvalue weighted by molar-refractivity contribution is 5.09. The fourth-order valence-electron chi connectivity index (χ4n) is 1.53. The maximum absolute atomic E-state index is 12.7. The van der Waals surface area contributed by atoms with Crippen LogP contribution in [0.1, 0.15) is 18.2 Å². The zero-order valence-corrected chi connectivity index (χ0v) is 10.7. The first-order valence-corrected chi connectivity index (χ1v) is 5.68. The largest absolute Gasteiger partial charge is 0.513 e. The van der Waals surface area contributed by atoms with Gasteiger partial charge in [-0.15, -0.1) is 0 Å². The standard InChI is InChI=1S/C11H13F3N2O5/c1-6(18)4-8(21-3-2-17)16-5-7(11(12,13)14)9(19)15-10(16)20/h5,8,17-18H,1-4H2,(H,15,19,20)/t8-/m1/s1. The Balaban J connectivity index is 3.33. The van der Waals surface area contributed by atoms with Crippen molar-refractivity contribution in [2.24, 2.45) is 0 Å². The van der Waals surface area contributed by atoms with Gasteiger partial charge in [0.15, 0.2) is 0 Å². The highest BCUT2D eigenvalue weighted by Gasteiger charge is 2.35. The smallest absolute Gasteiger partial charge is 0.423 e. The number of alkyl halides is 3. The van der Waals surface area contributed by atoms with Crippen LogP contribution in [0.5, 0.6) is 0 Å². The summed E-state index contributed by atoms with van der Waals surface area (Å²) in [5.74, 6) is -0.440. The minimum Gasteiger partial charge on any atom is -0.513 e. The molecule has 0 saturated heterocycles. The van der Waals surface area contributed by atoms with Crippen LogP contribution in [0.25, 0.3) is 0 Å². The molecular formula is C11H13F3N2O5. The van der Waals surface area contributed by atoms with Gasteiger partial charge in [0.2, 0.25) is 0 Å². The van der Waals surface area contributed by atoms with Crippen LogP contribution in [0.4, 0.5) is 13.2 Å². The van der Waals surface area contributed by atoms with E-state index in [-0.39, 0.29) is 13.0 Å². The Hall–Kier alpha value is -2.07. The zero-order valence-electron chi connectivity index (χ0n) is 10.7. The van der Waals surface area contributed by atoms with Crippen LogP contribution in [-0.4, -0.2) is 33.0 Å². The molecule has 0 saturated carbocycles. The van der Waals surface area contributed by atoms with E-state index in [1.807, 2.05) is 0 Å². The van der Waals surface area contributed by atoms with Crippen molar-refractivity contribution in [3.63, 3.8) is 0 Å². The van der Waals surface area contributed by atoms with Gasteiger partial charge in [-0.05, 0) is 0 Å². The Labute approximate surface area is 115 Å². The Bertz CT molecular complexity index is 620. The first-order valence-electron chi connectivity index (χ1n) is 5.68. The minimum absolute atomic E-state index is 0.287. The zero-order chi connectivity index (χ0) is 16.2. The molecule has 0 amide bonds. The van der Waals surface area contributed by atoms with Crippen LogP contribution in [0.3, 0.4) is 0 Å². The molecule has 1 aromatic heterocycles. The van der Waals surface area contributed by atoms with E-state index in [1.54, 1.807) is 0 Å². The third-order valence-electron chi connectivity index (χ3n) is 2.40. The highest BCUT2D eigenvalue weighted by Crippen LogP contribution is 2.26. The molecule has 3 N–H and O–H groups in total. The minimum atomic E-state index is -4.96. The van der Waals surface area contributed by atoms with Crippen molar-refractivity contribution in [3.05, 3.63) is 44.9 Å². The molecule has 7 nitrogen and oxygen atoms in total. The van der Waals surface area contributed by atoms with Crippen LogP contribution in [0.2, 0.25) is 0 Å². The second kappa shape index (κ2) is 6.59. The van der Waals surface area contributed by atoms with Crippen LogP contribution in [0, 0.1) is 0 Å². The van der Waals surface area contributed by atoms with Gasteiger partial charge in [-0.25, -0.2) is 4.79 Å². The summed E-state index contributed by atoms with van der Waals surface area (Å²) >= 11 is 0. The quantitative estimate of drug-likeness (QED) is 0.665. The molecule has 0 radical (unpaired) electrons. The van der Waals surface area contributed by atoms with Crippen molar-refractivity contribution in [3.8, 4) is 0 Å². The lowest BCUT2D eigenvalue weighted by Crippen LogP contribution is -2.37. The summed E-state index contributed by atoms with van der Waals surface area (Å²) in [6.45, 7) is 2.42. The third kappa shape index (κ3) is 4.46. The van der Waals surface area contributed by atoms with E-state index >= 15 is 0 Å². The average Bonchev–Trinajstić information content (AvgIpc) is 2.32. The molecule has 0 fully saturated rings. The molecule has 1 heterocycles.